The summed E-state index contributed by atoms with van der Waals surface area (Å²) >= 11 is 0. The first-order valence-electron chi connectivity index (χ1n) is 7.42. The van der Waals surface area contributed by atoms with Gasteiger partial charge in [-0.05, 0) is 37.8 Å². The second-order valence-electron chi connectivity index (χ2n) is 5.66. The molecule has 1 saturated carbocycles. The first-order chi connectivity index (χ1) is 10.4. The molecular weight excluding hydrogens is 295 g/mol. The lowest BCUT2D eigenvalue weighted by Crippen LogP contribution is -2.53. The van der Waals surface area contributed by atoms with Crippen molar-refractivity contribution >= 4 is 6.03 Å². The number of amides is 2. The lowest BCUT2D eigenvalue weighted by atomic mass is 9.98. The number of carbonyl (C=O) groups is 1. The van der Waals surface area contributed by atoms with Gasteiger partial charge in [0, 0.05) is 6.20 Å². The molecule has 2 amide bonds. The molecular formula is C15H20F3N3O. The number of hydrogen-bond acceptors (Lipinski definition) is 2. The predicted octanol–water partition coefficient (Wildman–Crippen LogP) is 3.56. The molecule has 1 aromatic heterocycles. The number of nitrogens with one attached hydrogen (secondary N) is 2. The van der Waals surface area contributed by atoms with Crippen molar-refractivity contribution < 1.29 is 18.0 Å². The molecule has 122 valence electrons. The maximum atomic E-state index is 13.1. The molecule has 1 aromatic rings. The second kappa shape index (κ2) is 6.98. The number of hydrogen-bond donors (Lipinski definition) is 2. The number of alkyl halides is 3. The molecule has 1 aliphatic rings. The number of carbonyl (C=O) groups excluding carboxylic acids is 1. The van der Waals surface area contributed by atoms with Gasteiger partial charge in [-0.1, -0.05) is 18.9 Å². The fraction of sp³-hybridized carbons (Fsp3) is 0.600. The number of pyridine rings is 1. The van der Waals surface area contributed by atoms with E-state index in [9.17, 15) is 18.0 Å². The van der Waals surface area contributed by atoms with Crippen molar-refractivity contribution in [3.63, 3.8) is 0 Å². The molecule has 0 aliphatic heterocycles. The smallest absolute Gasteiger partial charge is 0.330 e. The highest BCUT2D eigenvalue weighted by atomic mass is 19.4. The summed E-state index contributed by atoms with van der Waals surface area (Å²) in [4.78, 5) is 16.0. The number of halogens is 3. The van der Waals surface area contributed by atoms with Crippen LogP contribution < -0.4 is 10.6 Å². The molecule has 1 aliphatic carbocycles. The van der Waals surface area contributed by atoms with E-state index in [1.807, 2.05) is 0 Å². The van der Waals surface area contributed by atoms with Crippen LogP contribution in [0.1, 0.15) is 44.3 Å². The Labute approximate surface area is 127 Å². The fourth-order valence-corrected chi connectivity index (χ4v) is 2.84. The molecule has 2 atom stereocenters. The van der Waals surface area contributed by atoms with Crippen LogP contribution in [0.15, 0.2) is 24.4 Å². The minimum atomic E-state index is -4.43. The Morgan fingerprint density at radius 1 is 1.27 bits per heavy atom. The molecule has 4 nitrogen and oxygen atoms in total. The molecule has 1 heterocycles. The summed E-state index contributed by atoms with van der Waals surface area (Å²) < 4.78 is 39.4. The Morgan fingerprint density at radius 3 is 2.50 bits per heavy atom. The lowest BCUT2D eigenvalue weighted by molar-refractivity contribution is -0.164. The summed E-state index contributed by atoms with van der Waals surface area (Å²) in [5, 5.41) is 4.61. The van der Waals surface area contributed by atoms with Crippen LogP contribution in [0.3, 0.4) is 0 Å². The molecule has 2 rings (SSSR count). The highest BCUT2D eigenvalue weighted by molar-refractivity contribution is 5.74. The molecule has 0 bridgehead atoms. The van der Waals surface area contributed by atoms with Crippen LogP contribution in [0.2, 0.25) is 0 Å². The van der Waals surface area contributed by atoms with Crippen molar-refractivity contribution in [2.24, 2.45) is 5.92 Å². The van der Waals surface area contributed by atoms with E-state index >= 15 is 0 Å². The van der Waals surface area contributed by atoms with Crippen LogP contribution in [-0.2, 0) is 0 Å². The standard InChI is InChI=1S/C15H20F3N3O/c1-10(12-8-4-5-9-19-12)20-14(22)21-13(15(16,17)18)11-6-2-3-7-11/h4-5,8-11,13H,2-3,6-7H2,1H3,(H2,20,21,22)/t10-,13-/m0/s1. The highest BCUT2D eigenvalue weighted by Crippen LogP contribution is 2.35. The van der Waals surface area contributed by atoms with Crippen LogP contribution in [0, 0.1) is 5.92 Å². The van der Waals surface area contributed by atoms with Crippen LogP contribution in [0.5, 0.6) is 0 Å². The third kappa shape index (κ3) is 4.35. The number of aromatic nitrogens is 1. The van der Waals surface area contributed by atoms with E-state index in [-0.39, 0.29) is 0 Å². The molecule has 0 unspecified atom stereocenters. The zero-order chi connectivity index (χ0) is 16.2. The van der Waals surface area contributed by atoms with Crippen LogP contribution in [0.4, 0.5) is 18.0 Å². The molecule has 22 heavy (non-hydrogen) atoms. The third-order valence-corrected chi connectivity index (χ3v) is 3.99. The maximum absolute atomic E-state index is 13.1. The quantitative estimate of drug-likeness (QED) is 0.892. The molecule has 0 aromatic carbocycles. The van der Waals surface area contributed by atoms with Crippen molar-refractivity contribution in [3.05, 3.63) is 30.1 Å². The predicted molar refractivity (Wildman–Crippen MR) is 76.1 cm³/mol. The van der Waals surface area contributed by atoms with Crippen LogP contribution in [-0.4, -0.2) is 23.2 Å². The summed E-state index contributed by atoms with van der Waals surface area (Å²) in [6.07, 6.45) is -0.292. The van der Waals surface area contributed by atoms with E-state index in [1.54, 1.807) is 31.3 Å². The average molecular weight is 315 g/mol. The van der Waals surface area contributed by atoms with Crippen molar-refractivity contribution in [2.45, 2.75) is 50.9 Å². The summed E-state index contributed by atoms with van der Waals surface area (Å²) in [6.45, 7) is 1.68. The van der Waals surface area contributed by atoms with Gasteiger partial charge in [-0.2, -0.15) is 13.2 Å². The van der Waals surface area contributed by atoms with Gasteiger partial charge in [0.05, 0.1) is 11.7 Å². The van der Waals surface area contributed by atoms with Gasteiger partial charge in [-0.3, -0.25) is 4.98 Å². The molecule has 1 fully saturated rings. The first-order valence-corrected chi connectivity index (χ1v) is 7.42. The zero-order valence-corrected chi connectivity index (χ0v) is 12.4. The van der Waals surface area contributed by atoms with Gasteiger partial charge in [0.2, 0.25) is 0 Å². The Balaban J connectivity index is 1.96. The molecule has 0 spiro atoms. The summed E-state index contributed by atoms with van der Waals surface area (Å²) in [5.41, 5.74) is 0.599. The number of urea groups is 1. The summed E-state index contributed by atoms with van der Waals surface area (Å²) in [6, 6.07) is 2.14. The van der Waals surface area contributed by atoms with Gasteiger partial charge in [-0.15, -0.1) is 0 Å². The molecule has 0 radical (unpaired) electrons. The summed E-state index contributed by atoms with van der Waals surface area (Å²) in [7, 11) is 0. The van der Waals surface area contributed by atoms with Gasteiger partial charge in [-0.25, -0.2) is 4.79 Å². The van der Waals surface area contributed by atoms with Crippen molar-refractivity contribution in [1.82, 2.24) is 15.6 Å². The SMILES string of the molecule is C[C@H](NC(=O)N[C@@H](C1CCCC1)C(F)(F)F)c1ccccn1. The molecule has 2 N–H and O–H groups in total. The van der Waals surface area contributed by atoms with Gasteiger partial charge < -0.3 is 10.6 Å². The Kier molecular flexibility index (Phi) is 5.26. The van der Waals surface area contributed by atoms with Crippen molar-refractivity contribution in [3.8, 4) is 0 Å². The van der Waals surface area contributed by atoms with E-state index in [4.69, 9.17) is 0 Å². The van der Waals surface area contributed by atoms with Gasteiger partial charge in [0.25, 0.3) is 0 Å². The summed E-state index contributed by atoms with van der Waals surface area (Å²) in [5.74, 6) is -0.532. The van der Waals surface area contributed by atoms with E-state index in [0.29, 0.717) is 18.5 Å². The monoisotopic (exact) mass is 315 g/mol. The van der Waals surface area contributed by atoms with E-state index in [2.05, 4.69) is 15.6 Å². The normalized spacial score (nSPS) is 18.7. The topological polar surface area (TPSA) is 54.0 Å². The molecule has 0 saturated heterocycles. The van der Waals surface area contributed by atoms with Gasteiger partial charge in [0.1, 0.15) is 6.04 Å². The third-order valence-electron chi connectivity index (χ3n) is 3.99. The van der Waals surface area contributed by atoms with Crippen LogP contribution >= 0.6 is 0 Å². The second-order valence-corrected chi connectivity index (χ2v) is 5.66. The van der Waals surface area contributed by atoms with E-state index < -0.39 is 30.2 Å². The highest BCUT2D eigenvalue weighted by Gasteiger charge is 2.46. The van der Waals surface area contributed by atoms with Crippen molar-refractivity contribution in [2.75, 3.05) is 0 Å². The van der Waals surface area contributed by atoms with Crippen molar-refractivity contribution in [1.29, 1.82) is 0 Å². The minimum absolute atomic E-state index is 0.460. The lowest BCUT2D eigenvalue weighted by Gasteiger charge is -2.27. The minimum Gasteiger partial charge on any atom is -0.330 e. The Morgan fingerprint density at radius 2 is 1.95 bits per heavy atom. The number of rotatable bonds is 4. The average Bonchev–Trinajstić information content (AvgIpc) is 2.98. The molecule has 7 heteroatoms. The Bertz CT molecular complexity index is 487. The van der Waals surface area contributed by atoms with Crippen LogP contribution in [0.25, 0.3) is 0 Å². The van der Waals surface area contributed by atoms with Gasteiger partial charge >= 0.3 is 12.2 Å². The number of nitrogens with zero attached hydrogens (tertiary/aromatic N) is 1. The van der Waals surface area contributed by atoms with E-state index in [1.165, 1.54) is 0 Å². The fourth-order valence-electron chi connectivity index (χ4n) is 2.84. The maximum Gasteiger partial charge on any atom is 0.408 e. The van der Waals surface area contributed by atoms with Gasteiger partial charge in [0.15, 0.2) is 0 Å². The van der Waals surface area contributed by atoms with E-state index in [0.717, 1.165) is 12.8 Å². The Hall–Kier alpha value is -1.79. The largest absolute Gasteiger partial charge is 0.408 e. The zero-order valence-electron chi connectivity index (χ0n) is 12.4. The first kappa shape index (κ1) is 16.6.